The van der Waals surface area contributed by atoms with Gasteiger partial charge >= 0.3 is 5.97 Å². The van der Waals surface area contributed by atoms with Gasteiger partial charge in [0.05, 0.1) is 19.3 Å². The fourth-order valence-electron chi connectivity index (χ4n) is 4.47. The quantitative estimate of drug-likeness (QED) is 0.416. The number of methoxy groups -OCH3 is 1. The van der Waals surface area contributed by atoms with Gasteiger partial charge in [0.1, 0.15) is 0 Å². The van der Waals surface area contributed by atoms with Crippen LogP contribution in [0.15, 0.2) is 30.3 Å². The maximum atomic E-state index is 12.4. The van der Waals surface area contributed by atoms with Gasteiger partial charge in [0.2, 0.25) is 0 Å². The lowest BCUT2D eigenvalue weighted by atomic mass is 9.81. The molecule has 1 aliphatic rings. The van der Waals surface area contributed by atoms with Crippen LogP contribution < -0.4 is 0 Å². The molecule has 0 unspecified atom stereocenters. The molecule has 0 radical (unpaired) electrons. The SMILES string of the molecule is CC[Si](CC)(CC)O[C@H]1[C@@H](C)[C@@H](C(=O)OC)O[C@@H](CCc2ccccc2)[C@H]1C. The lowest BCUT2D eigenvalue weighted by Gasteiger charge is -2.47. The molecule has 2 rings (SSSR count). The number of hydrogen-bond acceptors (Lipinski definition) is 4. The van der Waals surface area contributed by atoms with E-state index in [0.717, 1.165) is 31.0 Å². The monoisotopic (exact) mass is 406 g/mol. The van der Waals surface area contributed by atoms with Gasteiger partial charge in [0.15, 0.2) is 14.4 Å². The molecule has 0 aliphatic carbocycles. The van der Waals surface area contributed by atoms with Gasteiger partial charge in [-0.3, -0.25) is 0 Å². The minimum Gasteiger partial charge on any atom is -0.467 e. The fraction of sp³-hybridized carbons (Fsp3) is 0.696. The third-order valence-electron chi connectivity index (χ3n) is 6.73. The maximum Gasteiger partial charge on any atom is 0.335 e. The first-order valence-corrected chi connectivity index (χ1v) is 13.4. The van der Waals surface area contributed by atoms with E-state index in [1.54, 1.807) is 0 Å². The van der Waals surface area contributed by atoms with Crippen LogP contribution in [0, 0.1) is 11.8 Å². The highest BCUT2D eigenvalue weighted by Gasteiger charge is 2.48. The zero-order valence-corrected chi connectivity index (χ0v) is 19.4. The molecule has 0 N–H and O–H groups in total. The van der Waals surface area contributed by atoms with Gasteiger partial charge in [-0.2, -0.15) is 0 Å². The summed E-state index contributed by atoms with van der Waals surface area (Å²) < 4.78 is 18.3. The Morgan fingerprint density at radius 3 is 2.18 bits per heavy atom. The molecule has 0 aromatic heterocycles. The smallest absolute Gasteiger partial charge is 0.335 e. The molecule has 28 heavy (non-hydrogen) atoms. The second kappa shape index (κ2) is 10.6. The average molecular weight is 407 g/mol. The molecule has 0 saturated carbocycles. The molecule has 1 aliphatic heterocycles. The molecule has 1 saturated heterocycles. The van der Waals surface area contributed by atoms with Gasteiger partial charge in [-0.25, -0.2) is 4.79 Å². The van der Waals surface area contributed by atoms with Gasteiger partial charge < -0.3 is 13.9 Å². The molecule has 0 amide bonds. The van der Waals surface area contributed by atoms with Crippen molar-refractivity contribution in [3.63, 3.8) is 0 Å². The standard InChI is InChI=1S/C23H38O4Si/c1-7-28(8-2,9-3)27-21-17(4)20(16-15-19-13-11-10-12-14-19)26-22(18(21)5)23(24)25-6/h10-14,17-18,20-22H,7-9,15-16H2,1-6H3/t17-,18-,20+,21-,22+/m1/s1. The number of aryl methyl sites for hydroxylation is 1. The Bertz CT molecular complexity index is 594. The predicted octanol–water partition coefficient (Wildman–Crippen LogP) is 5.22. The summed E-state index contributed by atoms with van der Waals surface area (Å²) in [6, 6.07) is 13.8. The second-order valence-electron chi connectivity index (χ2n) is 8.19. The largest absolute Gasteiger partial charge is 0.467 e. The zero-order valence-electron chi connectivity index (χ0n) is 18.4. The zero-order chi connectivity index (χ0) is 20.7. The summed E-state index contributed by atoms with van der Waals surface area (Å²) in [6.45, 7) is 11.1. The Hall–Kier alpha value is -1.17. The fourth-order valence-corrected chi connectivity index (χ4v) is 7.48. The van der Waals surface area contributed by atoms with Gasteiger partial charge in [0, 0.05) is 11.8 Å². The summed E-state index contributed by atoms with van der Waals surface area (Å²) >= 11 is 0. The van der Waals surface area contributed by atoms with E-state index >= 15 is 0 Å². The van der Waals surface area contributed by atoms with E-state index in [1.807, 2.05) is 6.07 Å². The van der Waals surface area contributed by atoms with Gasteiger partial charge in [-0.05, 0) is 36.5 Å². The van der Waals surface area contributed by atoms with Crippen molar-refractivity contribution in [2.45, 2.75) is 83.9 Å². The highest BCUT2D eigenvalue weighted by Crippen LogP contribution is 2.38. The lowest BCUT2D eigenvalue weighted by Crippen LogP contribution is -2.56. The summed E-state index contributed by atoms with van der Waals surface area (Å²) in [5, 5.41) is 0. The predicted molar refractivity (Wildman–Crippen MR) is 116 cm³/mol. The van der Waals surface area contributed by atoms with Gasteiger partial charge in [-0.1, -0.05) is 65.0 Å². The normalized spacial score (nSPS) is 28.1. The number of esters is 1. The number of rotatable bonds is 9. The van der Waals surface area contributed by atoms with Crippen molar-refractivity contribution >= 4 is 14.3 Å². The van der Waals surface area contributed by atoms with Crippen LogP contribution in [0.25, 0.3) is 0 Å². The van der Waals surface area contributed by atoms with Gasteiger partial charge in [0.25, 0.3) is 0 Å². The molecule has 4 nitrogen and oxygen atoms in total. The summed E-state index contributed by atoms with van der Waals surface area (Å²) in [5.74, 6) is -0.0439. The van der Waals surface area contributed by atoms with E-state index in [2.05, 4.69) is 58.9 Å². The molecular weight excluding hydrogens is 368 g/mol. The minimum absolute atomic E-state index is 0.00745. The number of benzene rings is 1. The summed E-state index contributed by atoms with van der Waals surface area (Å²) in [7, 11) is -0.348. The van der Waals surface area contributed by atoms with Crippen LogP contribution in [-0.4, -0.2) is 39.7 Å². The average Bonchev–Trinajstić information content (AvgIpc) is 2.74. The Morgan fingerprint density at radius 2 is 1.64 bits per heavy atom. The maximum absolute atomic E-state index is 12.4. The van der Waals surface area contributed by atoms with Crippen LogP contribution in [0.1, 0.15) is 46.6 Å². The Kier molecular flexibility index (Phi) is 8.72. The van der Waals surface area contributed by atoms with Crippen LogP contribution in [-0.2, 0) is 25.1 Å². The number of carbonyl (C=O) groups is 1. The second-order valence-corrected chi connectivity index (χ2v) is 12.9. The number of carbonyl (C=O) groups excluding carboxylic acids is 1. The van der Waals surface area contributed by atoms with Crippen molar-refractivity contribution in [2.75, 3.05) is 7.11 Å². The topological polar surface area (TPSA) is 44.8 Å². The lowest BCUT2D eigenvalue weighted by molar-refractivity contribution is -0.191. The van der Waals surface area contributed by atoms with Gasteiger partial charge in [-0.15, -0.1) is 0 Å². The molecule has 1 fully saturated rings. The van der Waals surface area contributed by atoms with E-state index in [1.165, 1.54) is 12.7 Å². The molecule has 1 aromatic carbocycles. The van der Waals surface area contributed by atoms with E-state index in [9.17, 15) is 4.79 Å². The van der Waals surface area contributed by atoms with Crippen molar-refractivity contribution in [3.05, 3.63) is 35.9 Å². The van der Waals surface area contributed by atoms with Crippen LogP contribution in [0.5, 0.6) is 0 Å². The Labute approximate surface area is 172 Å². The molecule has 158 valence electrons. The minimum atomic E-state index is -1.79. The molecule has 1 aromatic rings. The highest BCUT2D eigenvalue weighted by atomic mass is 28.4. The third kappa shape index (κ3) is 5.25. The number of ether oxygens (including phenoxy) is 2. The van der Waals surface area contributed by atoms with E-state index in [0.29, 0.717) is 0 Å². The molecule has 1 heterocycles. The van der Waals surface area contributed by atoms with E-state index in [-0.39, 0.29) is 30.0 Å². The first-order valence-electron chi connectivity index (χ1n) is 10.9. The Morgan fingerprint density at radius 1 is 1.04 bits per heavy atom. The Balaban J connectivity index is 2.22. The molecular formula is C23H38O4Si. The highest BCUT2D eigenvalue weighted by molar-refractivity contribution is 6.73. The van der Waals surface area contributed by atoms with Crippen molar-refractivity contribution in [3.8, 4) is 0 Å². The van der Waals surface area contributed by atoms with Crippen molar-refractivity contribution in [1.29, 1.82) is 0 Å². The van der Waals surface area contributed by atoms with Crippen LogP contribution in [0.3, 0.4) is 0 Å². The summed E-state index contributed by atoms with van der Waals surface area (Å²) in [5.41, 5.74) is 1.29. The number of hydrogen-bond donors (Lipinski definition) is 0. The first-order chi connectivity index (χ1) is 13.4. The third-order valence-corrected chi connectivity index (χ3v) is 11.4. The summed E-state index contributed by atoms with van der Waals surface area (Å²) in [6.07, 6.45) is 1.28. The van der Waals surface area contributed by atoms with Crippen LogP contribution in [0.2, 0.25) is 18.1 Å². The van der Waals surface area contributed by atoms with E-state index < -0.39 is 14.4 Å². The van der Waals surface area contributed by atoms with Crippen molar-refractivity contribution < 1.29 is 18.7 Å². The first kappa shape index (κ1) is 23.1. The van der Waals surface area contributed by atoms with Crippen LogP contribution >= 0.6 is 0 Å². The van der Waals surface area contributed by atoms with Crippen molar-refractivity contribution in [2.24, 2.45) is 11.8 Å². The summed E-state index contributed by atoms with van der Waals surface area (Å²) in [4.78, 5) is 12.4. The molecule has 5 atom stereocenters. The van der Waals surface area contributed by atoms with Crippen LogP contribution in [0.4, 0.5) is 0 Å². The molecule has 0 spiro atoms. The van der Waals surface area contributed by atoms with Crippen molar-refractivity contribution in [1.82, 2.24) is 0 Å². The molecule has 0 bridgehead atoms. The molecule has 5 heteroatoms. The van der Waals surface area contributed by atoms with E-state index in [4.69, 9.17) is 13.9 Å².